The molecule has 3 rings (SSSR count). The molecule has 2 aromatic rings. The van der Waals surface area contributed by atoms with Gasteiger partial charge >= 0.3 is 6.09 Å². The number of aromatic nitrogens is 1. The van der Waals surface area contributed by atoms with Gasteiger partial charge in [-0.05, 0) is 39.7 Å². The molecule has 0 spiro atoms. The fourth-order valence-electron chi connectivity index (χ4n) is 2.96. The number of nitro groups is 1. The van der Waals surface area contributed by atoms with Crippen LogP contribution in [-0.2, 0) is 4.74 Å². The van der Waals surface area contributed by atoms with E-state index in [1.807, 2.05) is 25.7 Å². The topological polar surface area (TPSA) is 111 Å². The van der Waals surface area contributed by atoms with E-state index in [1.54, 1.807) is 6.07 Å². The second-order valence-electron chi connectivity index (χ2n) is 7.28. The minimum Gasteiger partial charge on any atom is -0.444 e. The third-order valence-corrected chi connectivity index (χ3v) is 4.07. The van der Waals surface area contributed by atoms with Gasteiger partial charge < -0.3 is 19.4 Å². The predicted molar refractivity (Wildman–Crippen MR) is 95.3 cm³/mol. The Kier molecular flexibility index (Phi) is 4.71. The summed E-state index contributed by atoms with van der Waals surface area (Å²) in [5, 5.41) is 13.7. The van der Waals surface area contributed by atoms with Crippen molar-refractivity contribution in [1.29, 1.82) is 0 Å². The first kappa shape index (κ1) is 18.0. The van der Waals surface area contributed by atoms with Crippen LogP contribution in [0.15, 0.2) is 22.6 Å². The lowest BCUT2D eigenvalue weighted by Crippen LogP contribution is -2.42. The van der Waals surface area contributed by atoms with Crippen molar-refractivity contribution in [3.8, 4) is 0 Å². The van der Waals surface area contributed by atoms with Crippen molar-refractivity contribution in [2.45, 2.75) is 45.3 Å². The lowest BCUT2D eigenvalue weighted by molar-refractivity contribution is -0.384. The summed E-state index contributed by atoms with van der Waals surface area (Å²) in [5.74, 6) is 0. The fourth-order valence-corrected chi connectivity index (χ4v) is 2.96. The van der Waals surface area contributed by atoms with Gasteiger partial charge in [0.1, 0.15) is 11.1 Å². The average molecular weight is 362 g/mol. The summed E-state index contributed by atoms with van der Waals surface area (Å²) < 4.78 is 11.0. The first-order valence-electron chi connectivity index (χ1n) is 8.51. The molecule has 0 radical (unpaired) electrons. The molecule has 1 atom stereocenters. The monoisotopic (exact) mass is 362 g/mol. The van der Waals surface area contributed by atoms with Gasteiger partial charge in [-0.1, -0.05) is 0 Å². The molecule has 0 unspecified atom stereocenters. The second kappa shape index (κ2) is 6.81. The van der Waals surface area contributed by atoms with Crippen LogP contribution in [0, 0.1) is 10.1 Å². The fraction of sp³-hybridized carbons (Fsp3) is 0.529. The third kappa shape index (κ3) is 4.04. The van der Waals surface area contributed by atoms with E-state index in [4.69, 9.17) is 9.15 Å². The van der Waals surface area contributed by atoms with Gasteiger partial charge in [0, 0.05) is 25.2 Å². The number of anilines is 1. The number of carbonyl (C=O) groups excluding carboxylic acids is 1. The van der Waals surface area contributed by atoms with Crippen LogP contribution < -0.4 is 10.2 Å². The highest BCUT2D eigenvalue weighted by molar-refractivity contribution is 5.77. The number of non-ortho nitro benzene ring substituents is 1. The van der Waals surface area contributed by atoms with Crippen LogP contribution in [0.5, 0.6) is 0 Å². The lowest BCUT2D eigenvalue weighted by atomic mass is 10.2. The Bertz CT molecular complexity index is 826. The average Bonchev–Trinajstić information content (AvgIpc) is 3.16. The number of nitrogens with zero attached hydrogens (tertiary/aromatic N) is 3. The van der Waals surface area contributed by atoms with E-state index in [2.05, 4.69) is 10.3 Å². The summed E-state index contributed by atoms with van der Waals surface area (Å²) in [6.45, 7) is 6.59. The highest BCUT2D eigenvalue weighted by Gasteiger charge is 2.29. The van der Waals surface area contributed by atoms with Gasteiger partial charge in [0.05, 0.1) is 11.0 Å². The number of fused-ring (bicyclic) bond motifs is 1. The van der Waals surface area contributed by atoms with Crippen LogP contribution in [-0.4, -0.2) is 40.7 Å². The molecule has 1 aromatic heterocycles. The maximum absolute atomic E-state index is 11.8. The van der Waals surface area contributed by atoms with E-state index >= 15 is 0 Å². The largest absolute Gasteiger partial charge is 0.444 e. The molecule has 0 saturated carbocycles. The van der Waals surface area contributed by atoms with Crippen LogP contribution in [0.4, 0.5) is 16.5 Å². The SMILES string of the molecule is CC(C)(C)OC(=O)NC[C@H]1CCCN1c1nc2cc([N+](=O)[O-])ccc2o1. The Hall–Kier alpha value is -2.84. The van der Waals surface area contributed by atoms with Gasteiger partial charge in [0.15, 0.2) is 5.58 Å². The summed E-state index contributed by atoms with van der Waals surface area (Å²) in [7, 11) is 0. The molecule has 1 amide bonds. The van der Waals surface area contributed by atoms with Gasteiger partial charge in [-0.25, -0.2) is 4.79 Å². The molecule has 0 bridgehead atoms. The van der Waals surface area contributed by atoms with E-state index in [9.17, 15) is 14.9 Å². The Morgan fingerprint density at radius 3 is 2.96 bits per heavy atom. The molecule has 1 fully saturated rings. The number of amides is 1. The number of rotatable bonds is 4. The van der Waals surface area contributed by atoms with Gasteiger partial charge in [-0.2, -0.15) is 4.98 Å². The summed E-state index contributed by atoms with van der Waals surface area (Å²) in [5.41, 5.74) is 0.368. The van der Waals surface area contributed by atoms with Crippen molar-refractivity contribution in [2.75, 3.05) is 18.0 Å². The lowest BCUT2D eigenvalue weighted by Gasteiger charge is -2.24. The quantitative estimate of drug-likeness (QED) is 0.656. The molecular formula is C17H22N4O5. The number of hydrogen-bond acceptors (Lipinski definition) is 7. The molecule has 1 saturated heterocycles. The first-order chi connectivity index (χ1) is 12.2. The number of alkyl carbamates (subject to hydrolysis) is 1. The molecular weight excluding hydrogens is 340 g/mol. The zero-order valence-corrected chi connectivity index (χ0v) is 15.0. The number of nitro benzene ring substituents is 1. The summed E-state index contributed by atoms with van der Waals surface area (Å²) in [6.07, 6.45) is 1.37. The van der Waals surface area contributed by atoms with Crippen LogP contribution in [0.1, 0.15) is 33.6 Å². The van der Waals surface area contributed by atoms with Crippen molar-refractivity contribution in [3.63, 3.8) is 0 Å². The van der Waals surface area contributed by atoms with Crippen molar-refractivity contribution in [1.82, 2.24) is 10.3 Å². The van der Waals surface area contributed by atoms with Crippen LogP contribution in [0.25, 0.3) is 11.1 Å². The Morgan fingerprint density at radius 1 is 1.50 bits per heavy atom. The number of oxazole rings is 1. The standard InChI is InChI=1S/C17H22N4O5/c1-17(2,3)26-16(22)18-10-12-5-4-8-20(12)15-19-13-9-11(21(23)24)6-7-14(13)25-15/h6-7,9,12H,4-5,8,10H2,1-3H3,(H,18,22)/t12-/m1/s1. The number of benzene rings is 1. The Morgan fingerprint density at radius 2 is 2.27 bits per heavy atom. The smallest absolute Gasteiger partial charge is 0.407 e. The molecule has 1 aliphatic rings. The molecule has 2 heterocycles. The summed E-state index contributed by atoms with van der Waals surface area (Å²) in [6, 6.07) is 4.78. The minimum atomic E-state index is -0.547. The molecule has 9 nitrogen and oxygen atoms in total. The molecule has 1 aromatic carbocycles. The van der Waals surface area contributed by atoms with E-state index in [1.165, 1.54) is 12.1 Å². The highest BCUT2D eigenvalue weighted by atomic mass is 16.6. The highest BCUT2D eigenvalue weighted by Crippen LogP contribution is 2.29. The van der Waals surface area contributed by atoms with E-state index in [0.717, 1.165) is 19.4 Å². The number of nitrogens with one attached hydrogen (secondary N) is 1. The van der Waals surface area contributed by atoms with Crippen molar-refractivity contribution >= 4 is 28.9 Å². The molecule has 26 heavy (non-hydrogen) atoms. The van der Waals surface area contributed by atoms with Crippen molar-refractivity contribution in [2.24, 2.45) is 0 Å². The molecule has 0 aliphatic carbocycles. The van der Waals surface area contributed by atoms with E-state index in [0.29, 0.717) is 23.7 Å². The van der Waals surface area contributed by atoms with Crippen LogP contribution >= 0.6 is 0 Å². The van der Waals surface area contributed by atoms with Gasteiger partial charge in [0.25, 0.3) is 11.7 Å². The maximum Gasteiger partial charge on any atom is 0.407 e. The zero-order chi connectivity index (χ0) is 18.9. The molecule has 140 valence electrons. The van der Waals surface area contributed by atoms with Gasteiger partial charge in [-0.3, -0.25) is 10.1 Å². The van der Waals surface area contributed by atoms with Crippen LogP contribution in [0.2, 0.25) is 0 Å². The predicted octanol–water partition coefficient (Wildman–Crippen LogP) is 3.23. The van der Waals surface area contributed by atoms with Gasteiger partial charge in [-0.15, -0.1) is 0 Å². The summed E-state index contributed by atoms with van der Waals surface area (Å²) in [4.78, 5) is 28.6. The van der Waals surface area contributed by atoms with Crippen molar-refractivity contribution < 1.29 is 18.9 Å². The number of hydrogen-bond donors (Lipinski definition) is 1. The van der Waals surface area contributed by atoms with Crippen LogP contribution in [0.3, 0.4) is 0 Å². The maximum atomic E-state index is 11.8. The third-order valence-electron chi connectivity index (χ3n) is 4.07. The molecule has 1 aliphatic heterocycles. The Balaban J connectivity index is 1.70. The van der Waals surface area contributed by atoms with Gasteiger partial charge in [0.2, 0.25) is 0 Å². The number of ether oxygens (including phenoxy) is 1. The van der Waals surface area contributed by atoms with Crippen molar-refractivity contribution in [3.05, 3.63) is 28.3 Å². The summed E-state index contributed by atoms with van der Waals surface area (Å²) >= 11 is 0. The molecule has 9 heteroatoms. The first-order valence-corrected chi connectivity index (χ1v) is 8.51. The Labute approximate surface area is 150 Å². The molecule has 1 N–H and O–H groups in total. The van der Waals surface area contributed by atoms with E-state index < -0.39 is 16.6 Å². The zero-order valence-electron chi connectivity index (χ0n) is 15.0. The number of carbonyl (C=O) groups is 1. The van der Waals surface area contributed by atoms with E-state index in [-0.39, 0.29) is 11.7 Å². The second-order valence-corrected chi connectivity index (χ2v) is 7.28. The normalized spacial score (nSPS) is 17.5. The minimum absolute atomic E-state index is 0.0260.